The van der Waals surface area contributed by atoms with Crippen molar-refractivity contribution in [1.82, 2.24) is 4.57 Å². The van der Waals surface area contributed by atoms with E-state index in [9.17, 15) is 0 Å². The van der Waals surface area contributed by atoms with E-state index in [2.05, 4.69) is 230 Å². The molecule has 270 valence electrons. The Balaban J connectivity index is 0.948. The fourth-order valence-corrected chi connectivity index (χ4v) is 9.26. The van der Waals surface area contributed by atoms with Crippen LogP contribution in [0, 0.1) is 0 Å². The van der Waals surface area contributed by atoms with Crippen LogP contribution in [0.5, 0.6) is 0 Å². The SMILES string of the molecule is CC1(C)c2ccccc2-c2cc3c4ccccc4n(-c4ccc(-c5ccc(N(c6ccccc6)c6cccc(-c7ccc8ccccc8c7)c6)cc5)cc4)c3cc21. The highest BCUT2D eigenvalue weighted by Gasteiger charge is 2.36. The van der Waals surface area contributed by atoms with Gasteiger partial charge in [0.25, 0.3) is 0 Å². The van der Waals surface area contributed by atoms with E-state index in [-0.39, 0.29) is 5.41 Å². The van der Waals surface area contributed by atoms with Crippen molar-refractivity contribution in [3.05, 3.63) is 217 Å². The number of hydrogen-bond donors (Lipinski definition) is 0. The minimum absolute atomic E-state index is 0.0620. The molecule has 9 aromatic carbocycles. The van der Waals surface area contributed by atoms with Crippen LogP contribution < -0.4 is 4.90 Å². The smallest absolute Gasteiger partial charge is 0.0544 e. The molecule has 0 saturated carbocycles. The average Bonchev–Trinajstić information content (AvgIpc) is 3.71. The molecule has 0 N–H and O–H groups in total. The van der Waals surface area contributed by atoms with Gasteiger partial charge in [0.15, 0.2) is 0 Å². The Bertz CT molecular complexity index is 3130. The third kappa shape index (κ3) is 5.40. The summed E-state index contributed by atoms with van der Waals surface area (Å²) in [5.41, 5.74) is 17.2. The van der Waals surface area contributed by atoms with Crippen molar-refractivity contribution in [2.75, 3.05) is 4.90 Å². The second kappa shape index (κ2) is 13.0. The Labute approximate surface area is 333 Å². The number of anilines is 3. The van der Waals surface area contributed by atoms with Crippen LogP contribution in [0.1, 0.15) is 25.0 Å². The quantitative estimate of drug-likeness (QED) is 0.165. The van der Waals surface area contributed by atoms with Crippen molar-refractivity contribution in [2.24, 2.45) is 0 Å². The van der Waals surface area contributed by atoms with Crippen molar-refractivity contribution < 1.29 is 0 Å². The molecule has 1 aliphatic carbocycles. The molecule has 2 nitrogen and oxygen atoms in total. The van der Waals surface area contributed by atoms with Crippen LogP contribution >= 0.6 is 0 Å². The van der Waals surface area contributed by atoms with E-state index in [1.165, 1.54) is 77.1 Å². The molecule has 0 fully saturated rings. The zero-order valence-corrected chi connectivity index (χ0v) is 32.0. The van der Waals surface area contributed by atoms with Gasteiger partial charge in [0.2, 0.25) is 0 Å². The number of hydrogen-bond acceptors (Lipinski definition) is 1. The summed E-state index contributed by atoms with van der Waals surface area (Å²) in [6.45, 7) is 4.72. The van der Waals surface area contributed by atoms with E-state index >= 15 is 0 Å². The highest BCUT2D eigenvalue weighted by atomic mass is 15.1. The molecule has 2 heteroatoms. The van der Waals surface area contributed by atoms with Gasteiger partial charge in [-0.25, -0.2) is 0 Å². The molecule has 0 unspecified atom stereocenters. The summed E-state index contributed by atoms with van der Waals surface area (Å²) in [5.74, 6) is 0. The van der Waals surface area contributed by atoms with E-state index < -0.39 is 0 Å². The molecule has 1 heterocycles. The summed E-state index contributed by atoms with van der Waals surface area (Å²) in [4.78, 5) is 2.34. The first-order valence-electron chi connectivity index (χ1n) is 19.8. The Hall–Kier alpha value is -7.16. The second-order valence-corrected chi connectivity index (χ2v) is 15.8. The first-order valence-corrected chi connectivity index (χ1v) is 19.8. The lowest BCUT2D eigenvalue weighted by Gasteiger charge is -2.26. The van der Waals surface area contributed by atoms with Crippen LogP contribution in [0.4, 0.5) is 17.1 Å². The van der Waals surface area contributed by atoms with E-state index in [4.69, 9.17) is 0 Å². The molecule has 0 radical (unpaired) electrons. The standard InChI is InChI=1S/C55H40N2/c1-55(2)51-21-10-8-19-47(51)49-35-50-48-20-9-11-22-53(48)57(54(50)36-52(49)55)45-31-27-39(28-32-45)38-25-29-44(30-26-38)56(43-16-4-3-5-17-43)46-18-12-15-41(34-46)42-24-23-37-13-6-7-14-40(37)33-42/h3-36H,1-2H3. The van der Waals surface area contributed by atoms with E-state index in [0.717, 1.165) is 22.7 Å². The normalized spacial score (nSPS) is 12.9. The molecule has 0 aliphatic heterocycles. The molecule has 11 rings (SSSR count). The van der Waals surface area contributed by atoms with Crippen LogP contribution in [0.25, 0.3) is 71.6 Å². The average molecular weight is 729 g/mol. The topological polar surface area (TPSA) is 8.17 Å². The maximum absolute atomic E-state index is 2.45. The van der Waals surface area contributed by atoms with Crippen molar-refractivity contribution >= 4 is 49.6 Å². The molecule has 0 bridgehead atoms. The molecule has 1 aromatic heterocycles. The number of rotatable bonds is 6. The van der Waals surface area contributed by atoms with Gasteiger partial charge in [0, 0.05) is 38.9 Å². The van der Waals surface area contributed by atoms with E-state index in [0.29, 0.717) is 0 Å². The molecule has 10 aromatic rings. The number of benzene rings is 9. The van der Waals surface area contributed by atoms with Gasteiger partial charge in [-0.3, -0.25) is 0 Å². The third-order valence-corrected chi connectivity index (χ3v) is 12.2. The molecule has 1 aliphatic rings. The summed E-state index contributed by atoms with van der Waals surface area (Å²) in [6, 6.07) is 75.5. The van der Waals surface area contributed by atoms with Gasteiger partial charge in [-0.05, 0) is 128 Å². The van der Waals surface area contributed by atoms with Crippen LogP contribution in [0.15, 0.2) is 206 Å². The van der Waals surface area contributed by atoms with Gasteiger partial charge in [-0.2, -0.15) is 0 Å². The van der Waals surface area contributed by atoms with E-state index in [1.54, 1.807) is 0 Å². The van der Waals surface area contributed by atoms with Crippen molar-refractivity contribution in [3.63, 3.8) is 0 Å². The highest BCUT2D eigenvalue weighted by molar-refractivity contribution is 6.11. The lowest BCUT2D eigenvalue weighted by Crippen LogP contribution is -2.14. The fourth-order valence-electron chi connectivity index (χ4n) is 9.26. The zero-order chi connectivity index (χ0) is 38.1. The molecular weight excluding hydrogens is 689 g/mol. The summed E-state index contributed by atoms with van der Waals surface area (Å²) < 4.78 is 2.45. The van der Waals surface area contributed by atoms with Gasteiger partial charge < -0.3 is 9.47 Å². The van der Waals surface area contributed by atoms with E-state index in [1.807, 2.05) is 0 Å². The first-order chi connectivity index (χ1) is 28.0. The maximum Gasteiger partial charge on any atom is 0.0544 e. The predicted octanol–water partition coefficient (Wildman–Crippen LogP) is 15.0. The summed E-state index contributed by atoms with van der Waals surface area (Å²) >= 11 is 0. The highest BCUT2D eigenvalue weighted by Crippen LogP contribution is 2.51. The monoisotopic (exact) mass is 728 g/mol. The lowest BCUT2D eigenvalue weighted by atomic mass is 9.82. The van der Waals surface area contributed by atoms with Crippen LogP contribution in [-0.2, 0) is 5.41 Å². The largest absolute Gasteiger partial charge is 0.310 e. The van der Waals surface area contributed by atoms with Gasteiger partial charge in [0.1, 0.15) is 0 Å². The summed E-state index contributed by atoms with van der Waals surface area (Å²) in [7, 11) is 0. The van der Waals surface area contributed by atoms with Crippen LogP contribution in [0.3, 0.4) is 0 Å². The molecule has 0 spiro atoms. The summed E-state index contributed by atoms with van der Waals surface area (Å²) in [5, 5.41) is 5.08. The molecule has 0 atom stereocenters. The summed E-state index contributed by atoms with van der Waals surface area (Å²) in [6.07, 6.45) is 0. The second-order valence-electron chi connectivity index (χ2n) is 15.8. The third-order valence-electron chi connectivity index (χ3n) is 12.2. The maximum atomic E-state index is 2.45. The molecule has 57 heavy (non-hydrogen) atoms. The van der Waals surface area contributed by atoms with Gasteiger partial charge in [-0.1, -0.05) is 147 Å². The fraction of sp³-hybridized carbons (Fsp3) is 0.0545. The molecule has 0 saturated heterocycles. The number of nitrogens with zero attached hydrogens (tertiary/aromatic N) is 2. The number of fused-ring (bicyclic) bond motifs is 7. The van der Waals surface area contributed by atoms with Gasteiger partial charge in [0.05, 0.1) is 11.0 Å². The van der Waals surface area contributed by atoms with Crippen LogP contribution in [-0.4, -0.2) is 4.57 Å². The van der Waals surface area contributed by atoms with Gasteiger partial charge in [-0.15, -0.1) is 0 Å². The number of para-hydroxylation sites is 2. The zero-order valence-electron chi connectivity index (χ0n) is 32.0. The molecule has 0 amide bonds. The van der Waals surface area contributed by atoms with Gasteiger partial charge >= 0.3 is 0 Å². The van der Waals surface area contributed by atoms with Crippen LogP contribution in [0.2, 0.25) is 0 Å². The van der Waals surface area contributed by atoms with Crippen molar-refractivity contribution in [2.45, 2.75) is 19.3 Å². The lowest BCUT2D eigenvalue weighted by molar-refractivity contribution is 0.661. The minimum Gasteiger partial charge on any atom is -0.310 e. The predicted molar refractivity (Wildman–Crippen MR) is 241 cm³/mol. The van der Waals surface area contributed by atoms with Crippen molar-refractivity contribution in [1.29, 1.82) is 0 Å². The first kappa shape index (κ1) is 33.2. The Morgan fingerprint density at radius 3 is 1.82 bits per heavy atom. The Kier molecular flexibility index (Phi) is 7.55. The Morgan fingerprint density at radius 1 is 0.368 bits per heavy atom. The number of aromatic nitrogens is 1. The Morgan fingerprint density at radius 2 is 1.00 bits per heavy atom. The minimum atomic E-state index is -0.0620. The molecular formula is C55H40N2. The van der Waals surface area contributed by atoms with Crippen molar-refractivity contribution in [3.8, 4) is 39.1 Å².